The molecule has 0 spiro atoms. The van der Waals surface area contributed by atoms with Gasteiger partial charge in [0.15, 0.2) is 5.69 Å². The molecule has 0 N–H and O–H groups in total. The molecule has 7 nitrogen and oxygen atoms in total. The molecule has 192 valence electrons. The lowest BCUT2D eigenvalue weighted by Crippen LogP contribution is -2.48. The van der Waals surface area contributed by atoms with Crippen molar-refractivity contribution in [2.24, 2.45) is 0 Å². The van der Waals surface area contributed by atoms with Gasteiger partial charge in [-0.05, 0) is 81.8 Å². The van der Waals surface area contributed by atoms with Crippen LogP contribution in [0.5, 0.6) is 0 Å². The molecule has 3 fully saturated rings. The molecular formula is C29H38N4O3. The number of rotatable bonds is 5. The molecular weight excluding hydrogens is 452 g/mol. The summed E-state index contributed by atoms with van der Waals surface area (Å²) in [4.78, 5) is 30.5. The van der Waals surface area contributed by atoms with Crippen LogP contribution in [0.2, 0.25) is 0 Å². The fourth-order valence-corrected chi connectivity index (χ4v) is 6.48. The van der Waals surface area contributed by atoms with Gasteiger partial charge in [0.2, 0.25) is 5.91 Å². The molecule has 1 aromatic carbocycles. The van der Waals surface area contributed by atoms with Crippen LogP contribution in [0.15, 0.2) is 24.3 Å². The molecule has 1 saturated carbocycles. The van der Waals surface area contributed by atoms with E-state index >= 15 is 0 Å². The number of nitrogens with zero attached hydrogens (tertiary/aromatic N) is 4. The number of hydrogen-bond acceptors (Lipinski definition) is 4. The Morgan fingerprint density at radius 2 is 1.61 bits per heavy atom. The van der Waals surface area contributed by atoms with Gasteiger partial charge in [0.05, 0.1) is 12.2 Å². The maximum absolute atomic E-state index is 13.4. The van der Waals surface area contributed by atoms with Crippen LogP contribution in [0.1, 0.15) is 90.7 Å². The van der Waals surface area contributed by atoms with Crippen LogP contribution < -0.4 is 0 Å². The van der Waals surface area contributed by atoms with Crippen molar-refractivity contribution in [3.05, 3.63) is 52.3 Å². The third-order valence-electron chi connectivity index (χ3n) is 8.48. The number of likely N-dealkylation sites (tertiary alicyclic amines) is 1. The Hall–Kier alpha value is -2.67. The Labute approximate surface area is 213 Å². The highest BCUT2D eigenvalue weighted by molar-refractivity contribution is 5.94. The van der Waals surface area contributed by atoms with Crippen LogP contribution in [0.3, 0.4) is 0 Å². The van der Waals surface area contributed by atoms with Crippen LogP contribution >= 0.6 is 0 Å². The largest absolute Gasteiger partial charge is 0.372 e. The average Bonchev–Trinajstić information content (AvgIpc) is 3.53. The molecule has 0 bridgehead atoms. The molecule has 2 amide bonds. The minimum Gasteiger partial charge on any atom is -0.372 e. The number of carbonyl (C=O) groups excluding carboxylic acids is 2. The van der Waals surface area contributed by atoms with E-state index in [1.807, 2.05) is 28.3 Å². The normalized spacial score (nSPS) is 24.7. The third-order valence-corrected chi connectivity index (χ3v) is 8.48. The van der Waals surface area contributed by atoms with Gasteiger partial charge in [-0.1, -0.05) is 24.3 Å². The summed E-state index contributed by atoms with van der Waals surface area (Å²) >= 11 is 0. The SMILES string of the molecule is C[C@@H]1CN(C(=O)c2nn(CC(=O)N3CCC(c4cccc(C5CC5)c4)CC3)c3c2CCC3)C[C@H](C)O1. The number of carbonyl (C=O) groups is 2. The van der Waals surface area contributed by atoms with Crippen LogP contribution in [0, 0.1) is 0 Å². The van der Waals surface area contributed by atoms with Gasteiger partial charge in [-0.2, -0.15) is 5.10 Å². The van der Waals surface area contributed by atoms with Gasteiger partial charge in [0.1, 0.15) is 6.54 Å². The summed E-state index contributed by atoms with van der Waals surface area (Å²) in [5.74, 6) is 1.40. The highest BCUT2D eigenvalue weighted by Crippen LogP contribution is 2.41. The number of benzene rings is 1. The van der Waals surface area contributed by atoms with Gasteiger partial charge in [-0.3, -0.25) is 14.3 Å². The number of fused-ring (bicyclic) bond motifs is 1. The summed E-state index contributed by atoms with van der Waals surface area (Å²) in [6, 6.07) is 9.13. The second-order valence-corrected chi connectivity index (χ2v) is 11.4. The molecule has 2 saturated heterocycles. The third kappa shape index (κ3) is 4.70. The van der Waals surface area contributed by atoms with E-state index in [-0.39, 0.29) is 30.6 Å². The summed E-state index contributed by atoms with van der Waals surface area (Å²) < 4.78 is 7.63. The predicted octanol–water partition coefficient (Wildman–Crippen LogP) is 3.90. The lowest BCUT2D eigenvalue weighted by Gasteiger charge is -2.35. The first-order chi connectivity index (χ1) is 17.5. The number of piperidine rings is 1. The molecule has 36 heavy (non-hydrogen) atoms. The maximum Gasteiger partial charge on any atom is 0.274 e. The van der Waals surface area contributed by atoms with Crippen molar-refractivity contribution in [2.45, 2.75) is 89.4 Å². The molecule has 6 rings (SSSR count). The summed E-state index contributed by atoms with van der Waals surface area (Å²) in [5.41, 5.74) is 5.60. The summed E-state index contributed by atoms with van der Waals surface area (Å²) in [7, 11) is 0. The standard InChI is InChI=1S/C29H38N4O3/c1-19-16-32(17-20(2)36-19)29(35)28-25-7-4-8-26(25)33(30-28)18-27(34)31-13-11-22(12-14-31)24-6-3-5-23(15-24)21-9-10-21/h3,5-6,15,19-22H,4,7-14,16-18H2,1-2H3/t19-,20+. The van der Waals surface area contributed by atoms with Crippen molar-refractivity contribution in [1.29, 1.82) is 0 Å². The van der Waals surface area contributed by atoms with Crippen molar-refractivity contribution < 1.29 is 14.3 Å². The minimum atomic E-state index is -0.0180. The van der Waals surface area contributed by atoms with Crippen molar-refractivity contribution in [3.63, 3.8) is 0 Å². The van der Waals surface area contributed by atoms with Gasteiger partial charge in [0.25, 0.3) is 5.91 Å². The zero-order valence-electron chi connectivity index (χ0n) is 21.6. The Morgan fingerprint density at radius 1 is 0.944 bits per heavy atom. The summed E-state index contributed by atoms with van der Waals surface area (Å²) in [6.07, 6.45) is 7.48. The quantitative estimate of drug-likeness (QED) is 0.638. The highest BCUT2D eigenvalue weighted by Gasteiger charge is 2.34. The Kier molecular flexibility index (Phi) is 6.36. The van der Waals surface area contributed by atoms with Gasteiger partial charge in [-0.25, -0.2) is 0 Å². The molecule has 2 aliphatic carbocycles. The smallest absolute Gasteiger partial charge is 0.274 e. The Bertz CT molecular complexity index is 1140. The highest BCUT2D eigenvalue weighted by atomic mass is 16.5. The van der Waals surface area contributed by atoms with Crippen LogP contribution in [0.25, 0.3) is 0 Å². The Morgan fingerprint density at radius 3 is 2.28 bits per heavy atom. The van der Waals surface area contributed by atoms with E-state index in [1.165, 1.54) is 24.0 Å². The van der Waals surface area contributed by atoms with E-state index in [0.717, 1.165) is 62.4 Å². The van der Waals surface area contributed by atoms with Crippen molar-refractivity contribution in [2.75, 3.05) is 26.2 Å². The second kappa shape index (κ2) is 9.66. The zero-order chi connectivity index (χ0) is 24.8. The number of amides is 2. The number of hydrogen-bond donors (Lipinski definition) is 0. The summed E-state index contributed by atoms with van der Waals surface area (Å²) in [5, 5.41) is 4.72. The zero-order valence-corrected chi connectivity index (χ0v) is 21.6. The van der Waals surface area contributed by atoms with Gasteiger partial charge >= 0.3 is 0 Å². The fourth-order valence-electron chi connectivity index (χ4n) is 6.48. The molecule has 7 heteroatoms. The van der Waals surface area contributed by atoms with E-state index < -0.39 is 0 Å². The van der Waals surface area contributed by atoms with E-state index in [9.17, 15) is 9.59 Å². The van der Waals surface area contributed by atoms with Crippen molar-refractivity contribution in [1.82, 2.24) is 19.6 Å². The average molecular weight is 491 g/mol. The monoisotopic (exact) mass is 490 g/mol. The molecule has 3 heterocycles. The maximum atomic E-state index is 13.4. The van der Waals surface area contributed by atoms with E-state index in [4.69, 9.17) is 9.84 Å². The van der Waals surface area contributed by atoms with Crippen LogP contribution in [-0.4, -0.2) is 69.8 Å². The first-order valence-electron chi connectivity index (χ1n) is 13.9. The lowest BCUT2D eigenvalue weighted by atomic mass is 9.88. The van der Waals surface area contributed by atoms with Crippen LogP contribution in [-0.2, 0) is 28.9 Å². The molecule has 4 aliphatic rings. The molecule has 0 unspecified atom stereocenters. The Balaban J connectivity index is 1.11. The molecule has 2 aliphatic heterocycles. The fraction of sp³-hybridized carbons (Fsp3) is 0.621. The van der Waals surface area contributed by atoms with Crippen LogP contribution in [0.4, 0.5) is 0 Å². The molecule has 1 aromatic heterocycles. The number of aromatic nitrogens is 2. The number of ether oxygens (including phenoxy) is 1. The topological polar surface area (TPSA) is 67.7 Å². The van der Waals surface area contributed by atoms with Crippen molar-refractivity contribution in [3.8, 4) is 0 Å². The summed E-state index contributed by atoms with van der Waals surface area (Å²) in [6.45, 7) is 6.99. The number of morpholine rings is 1. The van der Waals surface area contributed by atoms with E-state index in [1.54, 1.807) is 0 Å². The first kappa shape index (κ1) is 23.7. The van der Waals surface area contributed by atoms with Crippen molar-refractivity contribution >= 4 is 11.8 Å². The van der Waals surface area contributed by atoms with Gasteiger partial charge in [0, 0.05) is 37.4 Å². The molecule has 2 aromatic rings. The van der Waals surface area contributed by atoms with E-state index in [0.29, 0.717) is 24.7 Å². The first-order valence-corrected chi connectivity index (χ1v) is 13.9. The molecule has 2 atom stereocenters. The second-order valence-electron chi connectivity index (χ2n) is 11.4. The lowest BCUT2D eigenvalue weighted by molar-refractivity contribution is -0.133. The predicted molar refractivity (Wildman–Crippen MR) is 137 cm³/mol. The molecule has 0 radical (unpaired) electrons. The van der Waals surface area contributed by atoms with Gasteiger partial charge < -0.3 is 14.5 Å². The minimum absolute atomic E-state index is 0.0180. The van der Waals surface area contributed by atoms with Gasteiger partial charge in [-0.15, -0.1) is 0 Å². The van der Waals surface area contributed by atoms with E-state index in [2.05, 4.69) is 24.3 Å².